The van der Waals surface area contributed by atoms with Crippen molar-refractivity contribution in [1.29, 1.82) is 0 Å². The van der Waals surface area contributed by atoms with Gasteiger partial charge in [0.15, 0.2) is 5.43 Å². The topological polar surface area (TPSA) is 90.4 Å². The third-order valence-electron chi connectivity index (χ3n) is 6.06. The molecule has 0 atom stereocenters. The lowest BCUT2D eigenvalue weighted by atomic mass is 10.1. The Balaban J connectivity index is 1.34. The molecule has 0 radical (unpaired) electrons. The number of rotatable bonds is 13. The molecule has 1 N–H and O–H groups in total. The highest BCUT2D eigenvalue weighted by Crippen LogP contribution is 2.31. The molecule has 35 heavy (non-hydrogen) atoms. The van der Waals surface area contributed by atoms with E-state index < -0.39 is 0 Å². The minimum atomic E-state index is -0.307. The number of phenols is 1. The van der Waals surface area contributed by atoms with E-state index in [4.69, 9.17) is 9.15 Å². The summed E-state index contributed by atoms with van der Waals surface area (Å²) in [5, 5.41) is 18.9. The molecule has 7 nitrogen and oxygen atoms in total. The number of phenolic OH excluding ortho intramolecular Hbond substituents is 1. The lowest BCUT2D eigenvalue weighted by Gasteiger charge is -2.08. The number of benzene rings is 2. The number of hydrogen-bond donors (Lipinski definition) is 1. The molecule has 4 aromatic rings. The van der Waals surface area contributed by atoms with E-state index in [0.717, 1.165) is 18.5 Å². The Morgan fingerprint density at radius 2 is 1.71 bits per heavy atom. The molecule has 7 heteroatoms. The Labute approximate surface area is 205 Å². The largest absolute Gasteiger partial charge is 0.507 e. The molecule has 2 aromatic carbocycles. The summed E-state index contributed by atoms with van der Waals surface area (Å²) in [6.07, 6.45) is 12.0. The summed E-state index contributed by atoms with van der Waals surface area (Å²) in [5.41, 5.74) is 1.44. The van der Waals surface area contributed by atoms with Crippen molar-refractivity contribution in [3.8, 4) is 22.8 Å². The fraction of sp³-hybridized carbons (Fsp3) is 0.393. The number of aromatic hydroxyl groups is 1. The molecule has 184 valence electrons. The van der Waals surface area contributed by atoms with Crippen molar-refractivity contribution >= 4 is 11.0 Å². The minimum Gasteiger partial charge on any atom is -0.507 e. The molecule has 2 aromatic heterocycles. The highest BCUT2D eigenvalue weighted by atomic mass is 16.5. The van der Waals surface area contributed by atoms with Gasteiger partial charge in [0, 0.05) is 30.3 Å². The van der Waals surface area contributed by atoms with E-state index >= 15 is 0 Å². The maximum atomic E-state index is 12.6. The number of unbranched alkanes of at least 4 members (excludes halogenated alkanes) is 7. The predicted octanol–water partition coefficient (Wildman–Crippen LogP) is 6.48. The molecule has 0 unspecified atom stereocenters. The van der Waals surface area contributed by atoms with E-state index in [2.05, 4.69) is 17.2 Å². The van der Waals surface area contributed by atoms with Crippen LogP contribution in [0.5, 0.6) is 11.5 Å². The second-order valence-electron chi connectivity index (χ2n) is 8.89. The molecule has 0 fully saturated rings. The van der Waals surface area contributed by atoms with Gasteiger partial charge in [-0.3, -0.25) is 9.48 Å². The van der Waals surface area contributed by atoms with Crippen molar-refractivity contribution in [2.45, 2.75) is 71.4 Å². The first-order chi connectivity index (χ1) is 17.1. The second-order valence-corrected chi connectivity index (χ2v) is 8.89. The Morgan fingerprint density at radius 3 is 2.49 bits per heavy atom. The lowest BCUT2D eigenvalue weighted by Crippen LogP contribution is -2.02. The maximum absolute atomic E-state index is 12.6. The number of aryl methyl sites for hydroxylation is 1. The zero-order chi connectivity index (χ0) is 24.5. The monoisotopic (exact) mass is 475 g/mol. The summed E-state index contributed by atoms with van der Waals surface area (Å²) >= 11 is 0. The molecule has 2 heterocycles. The van der Waals surface area contributed by atoms with E-state index in [1.165, 1.54) is 57.1 Å². The molecule has 0 aliphatic carbocycles. The normalized spacial score (nSPS) is 11.2. The molecular formula is C28H33N3O4. The van der Waals surface area contributed by atoms with Gasteiger partial charge in [0.1, 0.15) is 40.5 Å². The average Bonchev–Trinajstić information content (AvgIpc) is 3.32. The summed E-state index contributed by atoms with van der Waals surface area (Å²) in [6, 6.07) is 13.8. The first-order valence-corrected chi connectivity index (χ1v) is 12.5. The molecule has 0 saturated heterocycles. The quantitative estimate of drug-likeness (QED) is 0.223. The van der Waals surface area contributed by atoms with Crippen LogP contribution in [0.15, 0.2) is 63.9 Å². The summed E-state index contributed by atoms with van der Waals surface area (Å²) in [5.74, 6) is 0.647. The molecule has 0 bridgehead atoms. The average molecular weight is 476 g/mol. The Kier molecular flexibility index (Phi) is 8.54. The molecular weight excluding hydrogens is 442 g/mol. The van der Waals surface area contributed by atoms with Crippen LogP contribution in [-0.2, 0) is 13.2 Å². The zero-order valence-corrected chi connectivity index (χ0v) is 20.3. The van der Waals surface area contributed by atoms with Crippen LogP contribution in [0.25, 0.3) is 22.3 Å². The van der Waals surface area contributed by atoms with Crippen molar-refractivity contribution in [2.75, 3.05) is 0 Å². The van der Waals surface area contributed by atoms with Crippen LogP contribution in [0.3, 0.4) is 0 Å². The number of aromatic nitrogens is 3. The number of fused-ring (bicyclic) bond motifs is 1. The third kappa shape index (κ3) is 6.72. The zero-order valence-electron chi connectivity index (χ0n) is 20.3. The van der Waals surface area contributed by atoms with Gasteiger partial charge in [0.25, 0.3) is 0 Å². The molecule has 0 saturated carbocycles. The fourth-order valence-corrected chi connectivity index (χ4v) is 4.15. The molecule has 0 aliphatic heterocycles. The molecule has 0 aliphatic rings. The highest BCUT2D eigenvalue weighted by molar-refractivity contribution is 5.86. The van der Waals surface area contributed by atoms with Crippen LogP contribution in [0.2, 0.25) is 0 Å². The van der Waals surface area contributed by atoms with Gasteiger partial charge in [-0.2, -0.15) is 0 Å². The van der Waals surface area contributed by atoms with Crippen molar-refractivity contribution < 1.29 is 14.3 Å². The second kappa shape index (κ2) is 12.2. The van der Waals surface area contributed by atoms with Gasteiger partial charge in [0.05, 0.1) is 6.20 Å². The Bertz CT molecular complexity index is 1280. The fourth-order valence-electron chi connectivity index (χ4n) is 4.15. The Morgan fingerprint density at radius 1 is 0.971 bits per heavy atom. The lowest BCUT2D eigenvalue weighted by molar-refractivity contribution is 0.299. The third-order valence-corrected chi connectivity index (χ3v) is 6.06. The van der Waals surface area contributed by atoms with E-state index in [9.17, 15) is 9.90 Å². The van der Waals surface area contributed by atoms with Crippen LogP contribution in [-0.4, -0.2) is 20.1 Å². The van der Waals surface area contributed by atoms with Crippen LogP contribution in [0.4, 0.5) is 0 Å². The molecule has 4 rings (SSSR count). The van der Waals surface area contributed by atoms with Crippen LogP contribution >= 0.6 is 0 Å². The van der Waals surface area contributed by atoms with E-state index in [0.29, 0.717) is 17.2 Å². The smallest absolute Gasteiger partial charge is 0.197 e. The number of ether oxygens (including phenoxy) is 1. The van der Waals surface area contributed by atoms with Crippen molar-refractivity contribution in [3.63, 3.8) is 0 Å². The SMILES string of the molecule is CCCCCCCCCCn1cc(COc2cc(O)c3c(=O)cc(-c4ccccc4)oc3c2)nn1. The summed E-state index contributed by atoms with van der Waals surface area (Å²) in [4.78, 5) is 12.6. The minimum absolute atomic E-state index is 0.133. The molecule has 0 amide bonds. The summed E-state index contributed by atoms with van der Waals surface area (Å²) in [6.45, 7) is 3.28. The first kappa shape index (κ1) is 24.5. The van der Waals surface area contributed by atoms with Gasteiger partial charge in [-0.15, -0.1) is 5.10 Å². The standard InChI is InChI=1S/C28H33N3O4/c1-2-3-4-5-6-7-8-12-15-31-19-22(29-30-31)20-34-23-16-24(32)28-25(33)18-26(35-27(28)17-23)21-13-10-9-11-14-21/h9-11,13-14,16-19,32H,2-8,12,15,20H2,1H3. The van der Waals surface area contributed by atoms with Crippen LogP contribution in [0, 0.1) is 0 Å². The van der Waals surface area contributed by atoms with Crippen LogP contribution in [0.1, 0.15) is 64.0 Å². The van der Waals surface area contributed by atoms with Gasteiger partial charge < -0.3 is 14.3 Å². The van der Waals surface area contributed by atoms with Gasteiger partial charge in [-0.05, 0) is 6.42 Å². The number of hydrogen-bond acceptors (Lipinski definition) is 6. The van der Waals surface area contributed by atoms with Crippen molar-refractivity contribution in [2.24, 2.45) is 0 Å². The highest BCUT2D eigenvalue weighted by Gasteiger charge is 2.13. The van der Waals surface area contributed by atoms with Crippen molar-refractivity contribution in [1.82, 2.24) is 15.0 Å². The predicted molar refractivity (Wildman–Crippen MR) is 137 cm³/mol. The first-order valence-electron chi connectivity index (χ1n) is 12.5. The van der Waals surface area contributed by atoms with E-state index in [1.807, 2.05) is 41.2 Å². The number of nitrogens with zero attached hydrogens (tertiary/aromatic N) is 3. The maximum Gasteiger partial charge on any atom is 0.197 e. The van der Waals surface area contributed by atoms with E-state index in [1.54, 1.807) is 6.07 Å². The van der Waals surface area contributed by atoms with E-state index in [-0.39, 0.29) is 28.8 Å². The Hall–Kier alpha value is -3.61. The summed E-state index contributed by atoms with van der Waals surface area (Å²) in [7, 11) is 0. The van der Waals surface area contributed by atoms with Gasteiger partial charge >= 0.3 is 0 Å². The van der Waals surface area contributed by atoms with Gasteiger partial charge in [0.2, 0.25) is 0 Å². The van der Waals surface area contributed by atoms with Crippen molar-refractivity contribution in [3.05, 3.63) is 70.6 Å². The van der Waals surface area contributed by atoms with Crippen LogP contribution < -0.4 is 10.2 Å². The summed E-state index contributed by atoms with van der Waals surface area (Å²) < 4.78 is 13.6. The van der Waals surface area contributed by atoms with Gasteiger partial charge in [-0.25, -0.2) is 0 Å². The molecule has 0 spiro atoms. The van der Waals surface area contributed by atoms with Gasteiger partial charge in [-0.1, -0.05) is 87.4 Å².